The molecule has 3 heterocycles. The lowest BCUT2D eigenvalue weighted by Crippen LogP contribution is -2.45. The Morgan fingerprint density at radius 3 is 2.72 bits per heavy atom. The fraction of sp³-hybridized carbons (Fsp3) is 1.00. The van der Waals surface area contributed by atoms with Gasteiger partial charge < -0.3 is 10.2 Å². The maximum atomic E-state index is 3.50. The van der Waals surface area contributed by atoms with Crippen molar-refractivity contribution in [3.8, 4) is 0 Å². The molecule has 0 saturated carbocycles. The van der Waals surface area contributed by atoms with Gasteiger partial charge in [0.15, 0.2) is 0 Å². The normalized spacial score (nSPS) is 34.2. The first-order chi connectivity index (χ1) is 8.75. The molecule has 3 rings (SSSR count). The summed E-state index contributed by atoms with van der Waals surface area (Å²) >= 11 is 0. The fourth-order valence-corrected chi connectivity index (χ4v) is 4.15. The fourth-order valence-electron chi connectivity index (χ4n) is 4.15. The van der Waals surface area contributed by atoms with Gasteiger partial charge in [-0.2, -0.15) is 0 Å². The molecular formula is C15H29N3. The lowest BCUT2D eigenvalue weighted by Gasteiger charge is -2.39. The van der Waals surface area contributed by atoms with Crippen LogP contribution in [0.2, 0.25) is 0 Å². The van der Waals surface area contributed by atoms with Crippen molar-refractivity contribution >= 4 is 0 Å². The summed E-state index contributed by atoms with van der Waals surface area (Å²) in [5.41, 5.74) is 0.568. The average molecular weight is 251 g/mol. The lowest BCUT2D eigenvalue weighted by molar-refractivity contribution is 0.120. The first-order valence-electron chi connectivity index (χ1n) is 7.92. The molecule has 1 N–H and O–H groups in total. The van der Waals surface area contributed by atoms with Crippen molar-refractivity contribution in [1.82, 2.24) is 15.1 Å². The van der Waals surface area contributed by atoms with Crippen LogP contribution >= 0.6 is 0 Å². The second-order valence-corrected chi connectivity index (χ2v) is 6.98. The number of fused-ring (bicyclic) bond motifs is 1. The molecule has 0 radical (unpaired) electrons. The second-order valence-electron chi connectivity index (χ2n) is 6.98. The molecule has 3 saturated heterocycles. The lowest BCUT2D eigenvalue weighted by atomic mass is 9.80. The third-order valence-electron chi connectivity index (χ3n) is 5.30. The maximum Gasteiger partial charge on any atom is 0.0223 e. The zero-order valence-corrected chi connectivity index (χ0v) is 12.0. The SMILES string of the molecule is CC1(CN2CCCN3CCCC3C2)CCNCC1. The third kappa shape index (κ3) is 2.89. The first-order valence-corrected chi connectivity index (χ1v) is 7.92. The number of rotatable bonds is 2. The van der Waals surface area contributed by atoms with Crippen LogP contribution in [-0.2, 0) is 0 Å². The van der Waals surface area contributed by atoms with Crippen molar-refractivity contribution in [3.05, 3.63) is 0 Å². The highest BCUT2D eigenvalue weighted by Gasteiger charge is 2.33. The van der Waals surface area contributed by atoms with Gasteiger partial charge in [-0.15, -0.1) is 0 Å². The van der Waals surface area contributed by atoms with Crippen LogP contribution in [0.4, 0.5) is 0 Å². The van der Waals surface area contributed by atoms with Gasteiger partial charge in [0, 0.05) is 19.1 Å². The Morgan fingerprint density at radius 1 is 1.11 bits per heavy atom. The van der Waals surface area contributed by atoms with E-state index in [0.29, 0.717) is 5.41 Å². The van der Waals surface area contributed by atoms with E-state index in [1.807, 2.05) is 0 Å². The monoisotopic (exact) mass is 251 g/mol. The number of hydrogen-bond donors (Lipinski definition) is 1. The predicted octanol–water partition coefficient (Wildman–Crippen LogP) is 1.55. The minimum atomic E-state index is 0.568. The molecule has 3 fully saturated rings. The van der Waals surface area contributed by atoms with E-state index >= 15 is 0 Å². The van der Waals surface area contributed by atoms with Crippen LogP contribution in [0.25, 0.3) is 0 Å². The van der Waals surface area contributed by atoms with E-state index in [0.717, 1.165) is 6.04 Å². The molecule has 0 aromatic carbocycles. The Balaban J connectivity index is 1.58. The highest BCUT2D eigenvalue weighted by atomic mass is 15.3. The first kappa shape index (κ1) is 12.9. The number of hydrogen-bond acceptors (Lipinski definition) is 3. The highest BCUT2D eigenvalue weighted by molar-refractivity contribution is 4.89. The van der Waals surface area contributed by atoms with Gasteiger partial charge in [0.05, 0.1) is 0 Å². The second kappa shape index (κ2) is 5.48. The molecule has 0 aliphatic carbocycles. The molecule has 3 heteroatoms. The quantitative estimate of drug-likeness (QED) is 0.803. The Bertz CT molecular complexity index is 273. The molecule has 18 heavy (non-hydrogen) atoms. The summed E-state index contributed by atoms with van der Waals surface area (Å²) in [5, 5.41) is 3.50. The van der Waals surface area contributed by atoms with Crippen molar-refractivity contribution in [1.29, 1.82) is 0 Å². The van der Waals surface area contributed by atoms with Gasteiger partial charge >= 0.3 is 0 Å². The Morgan fingerprint density at radius 2 is 1.89 bits per heavy atom. The predicted molar refractivity (Wildman–Crippen MR) is 75.9 cm³/mol. The molecule has 0 amide bonds. The molecule has 0 bridgehead atoms. The van der Waals surface area contributed by atoms with Crippen LogP contribution in [-0.4, -0.2) is 61.7 Å². The third-order valence-corrected chi connectivity index (χ3v) is 5.30. The van der Waals surface area contributed by atoms with E-state index < -0.39 is 0 Å². The van der Waals surface area contributed by atoms with E-state index in [9.17, 15) is 0 Å². The van der Waals surface area contributed by atoms with Crippen molar-refractivity contribution in [2.75, 3.05) is 45.8 Å². The summed E-state index contributed by atoms with van der Waals surface area (Å²) in [7, 11) is 0. The molecular weight excluding hydrogens is 222 g/mol. The smallest absolute Gasteiger partial charge is 0.0223 e. The zero-order valence-electron chi connectivity index (χ0n) is 12.0. The van der Waals surface area contributed by atoms with Crippen LogP contribution in [0.5, 0.6) is 0 Å². The van der Waals surface area contributed by atoms with Gasteiger partial charge in [0.2, 0.25) is 0 Å². The van der Waals surface area contributed by atoms with Crippen LogP contribution in [0, 0.1) is 5.41 Å². The summed E-state index contributed by atoms with van der Waals surface area (Å²) in [6.45, 7) is 11.7. The van der Waals surface area contributed by atoms with E-state index in [1.54, 1.807) is 0 Å². The van der Waals surface area contributed by atoms with E-state index in [1.165, 1.54) is 77.9 Å². The molecule has 0 aromatic heterocycles. The maximum absolute atomic E-state index is 3.50. The Kier molecular flexibility index (Phi) is 3.92. The van der Waals surface area contributed by atoms with Crippen molar-refractivity contribution in [2.24, 2.45) is 5.41 Å². The van der Waals surface area contributed by atoms with E-state index in [2.05, 4.69) is 22.0 Å². The number of piperidine rings is 1. The Hall–Kier alpha value is -0.120. The van der Waals surface area contributed by atoms with Gasteiger partial charge in [-0.05, 0) is 70.2 Å². The largest absolute Gasteiger partial charge is 0.317 e. The summed E-state index contributed by atoms with van der Waals surface area (Å²) in [6.07, 6.45) is 6.97. The number of nitrogens with one attached hydrogen (secondary N) is 1. The molecule has 0 aromatic rings. The minimum Gasteiger partial charge on any atom is -0.317 e. The molecule has 3 aliphatic rings. The van der Waals surface area contributed by atoms with Crippen molar-refractivity contribution < 1.29 is 0 Å². The van der Waals surface area contributed by atoms with Crippen LogP contribution < -0.4 is 5.32 Å². The minimum absolute atomic E-state index is 0.568. The average Bonchev–Trinajstić information content (AvgIpc) is 2.69. The van der Waals surface area contributed by atoms with E-state index in [-0.39, 0.29) is 0 Å². The molecule has 104 valence electrons. The van der Waals surface area contributed by atoms with Gasteiger partial charge in [0.1, 0.15) is 0 Å². The van der Waals surface area contributed by atoms with Gasteiger partial charge in [-0.1, -0.05) is 6.92 Å². The van der Waals surface area contributed by atoms with Crippen molar-refractivity contribution in [3.63, 3.8) is 0 Å². The van der Waals surface area contributed by atoms with Gasteiger partial charge in [-0.3, -0.25) is 4.90 Å². The topological polar surface area (TPSA) is 18.5 Å². The van der Waals surface area contributed by atoms with Gasteiger partial charge in [-0.25, -0.2) is 0 Å². The molecule has 1 atom stereocenters. The molecule has 1 unspecified atom stereocenters. The highest BCUT2D eigenvalue weighted by Crippen LogP contribution is 2.30. The standard InChI is InChI=1S/C15H29N3/c1-15(5-7-16-8-6-15)13-17-9-3-11-18-10-2-4-14(18)12-17/h14,16H,2-13H2,1H3. The van der Waals surface area contributed by atoms with Crippen LogP contribution in [0.15, 0.2) is 0 Å². The summed E-state index contributed by atoms with van der Waals surface area (Å²) in [6, 6.07) is 0.873. The Labute approximate surface area is 112 Å². The van der Waals surface area contributed by atoms with E-state index in [4.69, 9.17) is 0 Å². The van der Waals surface area contributed by atoms with Crippen LogP contribution in [0.3, 0.4) is 0 Å². The molecule has 3 nitrogen and oxygen atoms in total. The van der Waals surface area contributed by atoms with Gasteiger partial charge in [0.25, 0.3) is 0 Å². The summed E-state index contributed by atoms with van der Waals surface area (Å²) in [5.74, 6) is 0. The van der Waals surface area contributed by atoms with Crippen molar-refractivity contribution in [2.45, 2.75) is 45.1 Å². The zero-order chi connectivity index (χ0) is 12.4. The summed E-state index contributed by atoms with van der Waals surface area (Å²) in [4.78, 5) is 5.52. The molecule has 3 aliphatic heterocycles. The van der Waals surface area contributed by atoms with Crippen LogP contribution in [0.1, 0.15) is 39.0 Å². The molecule has 0 spiro atoms. The summed E-state index contributed by atoms with van der Waals surface area (Å²) < 4.78 is 0. The number of nitrogens with zero attached hydrogens (tertiary/aromatic N) is 2.